The number of carbonyl (C=O) groups is 2. The maximum absolute atomic E-state index is 14.3. The van der Waals surface area contributed by atoms with Gasteiger partial charge in [-0.05, 0) is 30.7 Å². The monoisotopic (exact) mass is 416 g/mol. The number of hydrogen-bond donors (Lipinski definition) is 1. The summed E-state index contributed by atoms with van der Waals surface area (Å²) in [6.07, 6.45) is 0.360. The molecule has 0 radical (unpaired) electrons. The normalized spacial score (nSPS) is 15.8. The van der Waals surface area contributed by atoms with Crippen molar-refractivity contribution >= 4 is 29.3 Å². The molecule has 152 valence electrons. The molecule has 0 saturated carbocycles. The molecule has 6 nitrogen and oxygen atoms in total. The van der Waals surface area contributed by atoms with E-state index in [1.807, 2.05) is 12.1 Å². The number of hydrogen-bond acceptors (Lipinski definition) is 3. The molecule has 1 N–H and O–H groups in total. The quantitative estimate of drug-likeness (QED) is 0.805. The molecule has 0 aromatic heterocycles. The van der Waals surface area contributed by atoms with Crippen molar-refractivity contribution in [3.8, 4) is 0 Å². The lowest BCUT2D eigenvalue weighted by Gasteiger charge is -2.25. The van der Waals surface area contributed by atoms with Gasteiger partial charge in [-0.1, -0.05) is 41.9 Å². The van der Waals surface area contributed by atoms with Crippen molar-refractivity contribution in [2.75, 3.05) is 20.1 Å². The predicted molar refractivity (Wildman–Crippen MR) is 110 cm³/mol. The number of benzene rings is 2. The number of nitrogens with one attached hydrogen (secondary N) is 1. The molecular weight excluding hydrogens is 395 g/mol. The number of hydrazone groups is 1. The average molecular weight is 417 g/mol. The van der Waals surface area contributed by atoms with E-state index in [0.29, 0.717) is 29.3 Å². The predicted octanol–water partition coefficient (Wildman–Crippen LogP) is 3.82. The second-order valence-corrected chi connectivity index (χ2v) is 7.16. The van der Waals surface area contributed by atoms with Crippen LogP contribution in [0.3, 0.4) is 0 Å². The molecule has 0 unspecified atom stereocenters. The van der Waals surface area contributed by atoms with E-state index in [1.165, 1.54) is 23.0 Å². The number of amides is 3. The molecular formula is C21H22ClFN4O2. The van der Waals surface area contributed by atoms with E-state index in [9.17, 15) is 14.0 Å². The van der Waals surface area contributed by atoms with Gasteiger partial charge in [-0.2, -0.15) is 5.10 Å². The van der Waals surface area contributed by atoms with Crippen LogP contribution in [0.25, 0.3) is 0 Å². The van der Waals surface area contributed by atoms with Crippen LogP contribution in [-0.2, 0) is 4.79 Å². The van der Waals surface area contributed by atoms with Crippen LogP contribution in [0.2, 0.25) is 5.02 Å². The van der Waals surface area contributed by atoms with Crippen molar-refractivity contribution in [2.45, 2.75) is 19.4 Å². The van der Waals surface area contributed by atoms with E-state index in [4.69, 9.17) is 11.6 Å². The average Bonchev–Trinajstić information content (AvgIpc) is 3.14. The molecule has 1 aliphatic heterocycles. The van der Waals surface area contributed by atoms with Gasteiger partial charge in [0.05, 0.1) is 11.8 Å². The molecule has 8 heteroatoms. The van der Waals surface area contributed by atoms with Gasteiger partial charge in [-0.15, -0.1) is 0 Å². The molecule has 2 aromatic rings. The summed E-state index contributed by atoms with van der Waals surface area (Å²) < 4.78 is 14.3. The van der Waals surface area contributed by atoms with Crippen molar-refractivity contribution in [3.05, 3.63) is 70.5 Å². The smallest absolute Gasteiger partial charge is 0.317 e. The summed E-state index contributed by atoms with van der Waals surface area (Å²) in [5.74, 6) is -0.750. The lowest BCUT2D eigenvalue weighted by Crippen LogP contribution is -2.43. The zero-order chi connectivity index (χ0) is 21.0. The summed E-state index contributed by atoms with van der Waals surface area (Å²) in [5.41, 5.74) is 1.68. The molecule has 1 aliphatic rings. The highest BCUT2D eigenvalue weighted by Gasteiger charge is 2.34. The molecule has 29 heavy (non-hydrogen) atoms. The number of carbonyl (C=O) groups excluding carboxylic acids is 2. The van der Waals surface area contributed by atoms with Crippen molar-refractivity contribution < 1.29 is 14.0 Å². The van der Waals surface area contributed by atoms with Gasteiger partial charge < -0.3 is 10.2 Å². The first-order chi connectivity index (χ1) is 13.9. The number of urea groups is 1. The second kappa shape index (κ2) is 9.05. The highest BCUT2D eigenvalue weighted by molar-refractivity contribution is 6.30. The molecule has 2 aromatic carbocycles. The first kappa shape index (κ1) is 20.8. The molecule has 0 fully saturated rings. The third-order valence-electron chi connectivity index (χ3n) is 4.65. The Morgan fingerprint density at radius 2 is 1.93 bits per heavy atom. The fraction of sp³-hybridized carbons (Fsp3) is 0.286. The summed E-state index contributed by atoms with van der Waals surface area (Å²) in [6.45, 7) is 2.11. The van der Waals surface area contributed by atoms with Crippen LogP contribution < -0.4 is 5.32 Å². The van der Waals surface area contributed by atoms with E-state index in [1.54, 1.807) is 37.3 Å². The zero-order valence-electron chi connectivity index (χ0n) is 16.2. The van der Waals surface area contributed by atoms with Crippen LogP contribution >= 0.6 is 11.6 Å². The summed E-state index contributed by atoms with van der Waals surface area (Å²) in [4.78, 5) is 26.2. The topological polar surface area (TPSA) is 65.0 Å². The van der Waals surface area contributed by atoms with Gasteiger partial charge in [0.15, 0.2) is 0 Å². The van der Waals surface area contributed by atoms with Crippen LogP contribution in [0.4, 0.5) is 9.18 Å². The molecule has 0 aliphatic carbocycles. The Labute approximate surface area is 173 Å². The summed E-state index contributed by atoms with van der Waals surface area (Å²) in [6, 6.07) is 12.7. The van der Waals surface area contributed by atoms with Crippen molar-refractivity contribution in [3.63, 3.8) is 0 Å². The maximum atomic E-state index is 14.3. The Morgan fingerprint density at radius 1 is 1.24 bits per heavy atom. The number of halogens is 2. The van der Waals surface area contributed by atoms with E-state index >= 15 is 0 Å². The van der Waals surface area contributed by atoms with Gasteiger partial charge in [-0.3, -0.25) is 4.79 Å². The van der Waals surface area contributed by atoms with Gasteiger partial charge in [0.2, 0.25) is 0 Å². The number of nitrogens with zero attached hydrogens (tertiary/aromatic N) is 3. The summed E-state index contributed by atoms with van der Waals surface area (Å²) >= 11 is 5.99. The fourth-order valence-corrected chi connectivity index (χ4v) is 3.30. The highest BCUT2D eigenvalue weighted by atomic mass is 35.5. The Bertz CT molecular complexity index is 933. The molecule has 3 amide bonds. The fourth-order valence-electron chi connectivity index (χ4n) is 3.18. The van der Waals surface area contributed by atoms with Crippen molar-refractivity contribution in [1.29, 1.82) is 0 Å². The van der Waals surface area contributed by atoms with E-state index < -0.39 is 11.9 Å². The third kappa shape index (κ3) is 4.74. The van der Waals surface area contributed by atoms with Gasteiger partial charge in [0.1, 0.15) is 12.4 Å². The molecule has 0 spiro atoms. The van der Waals surface area contributed by atoms with E-state index in [-0.39, 0.29) is 18.5 Å². The molecule has 1 atom stereocenters. The standard InChI is InChI=1S/C21H22ClFN4O2/c1-3-24-21(29)26(2)13-20(28)27-19(14-8-10-15(22)11-9-14)12-18(25-27)16-6-4-5-7-17(16)23/h4-11,19H,3,12-13H2,1-2H3,(H,24,29)/t19-/m0/s1. The van der Waals surface area contributed by atoms with E-state index in [0.717, 1.165) is 5.56 Å². The minimum Gasteiger partial charge on any atom is -0.338 e. The molecule has 0 saturated heterocycles. The molecule has 1 heterocycles. The molecule has 3 rings (SSSR count). The first-order valence-electron chi connectivity index (χ1n) is 9.29. The van der Waals surface area contributed by atoms with Crippen LogP contribution in [0.1, 0.15) is 30.5 Å². The van der Waals surface area contributed by atoms with Crippen LogP contribution in [-0.4, -0.2) is 47.7 Å². The minimum absolute atomic E-state index is 0.149. The van der Waals surface area contributed by atoms with Crippen molar-refractivity contribution in [1.82, 2.24) is 15.2 Å². The highest BCUT2D eigenvalue weighted by Crippen LogP contribution is 2.34. The SMILES string of the molecule is CCNC(=O)N(C)CC(=O)N1N=C(c2ccccc2F)C[C@H]1c1ccc(Cl)cc1. The van der Waals surface area contributed by atoms with Crippen LogP contribution in [0.5, 0.6) is 0 Å². The van der Waals surface area contributed by atoms with E-state index in [2.05, 4.69) is 10.4 Å². The van der Waals surface area contributed by atoms with Crippen LogP contribution in [0.15, 0.2) is 53.6 Å². The lowest BCUT2D eigenvalue weighted by atomic mass is 9.98. The zero-order valence-corrected chi connectivity index (χ0v) is 17.0. The number of likely N-dealkylation sites (N-methyl/N-ethyl adjacent to an activating group) is 1. The third-order valence-corrected chi connectivity index (χ3v) is 4.90. The van der Waals surface area contributed by atoms with Gasteiger partial charge in [0, 0.05) is 30.6 Å². The van der Waals surface area contributed by atoms with Gasteiger partial charge in [0.25, 0.3) is 5.91 Å². The van der Waals surface area contributed by atoms with Gasteiger partial charge >= 0.3 is 6.03 Å². The summed E-state index contributed by atoms with van der Waals surface area (Å²) in [7, 11) is 1.54. The second-order valence-electron chi connectivity index (χ2n) is 6.73. The summed E-state index contributed by atoms with van der Waals surface area (Å²) in [5, 5.41) is 8.99. The maximum Gasteiger partial charge on any atom is 0.317 e. The number of rotatable bonds is 5. The lowest BCUT2D eigenvalue weighted by molar-refractivity contribution is -0.133. The largest absolute Gasteiger partial charge is 0.338 e. The Hall–Kier alpha value is -2.93. The van der Waals surface area contributed by atoms with Gasteiger partial charge in [-0.25, -0.2) is 14.2 Å². The molecule has 0 bridgehead atoms. The Kier molecular flexibility index (Phi) is 6.49. The van der Waals surface area contributed by atoms with Crippen molar-refractivity contribution in [2.24, 2.45) is 5.10 Å². The first-order valence-corrected chi connectivity index (χ1v) is 9.67. The minimum atomic E-state index is -0.406. The Morgan fingerprint density at radius 3 is 2.59 bits per heavy atom. The Balaban J connectivity index is 1.89. The van der Waals surface area contributed by atoms with Crippen LogP contribution in [0, 0.1) is 5.82 Å².